The van der Waals surface area contributed by atoms with Gasteiger partial charge in [0, 0.05) is 30.3 Å². The van der Waals surface area contributed by atoms with Crippen molar-refractivity contribution < 1.29 is 0 Å². The zero-order valence-corrected chi connectivity index (χ0v) is 17.3. The first-order chi connectivity index (χ1) is 14.3. The number of thiocarbonyl (C=S) groups is 1. The van der Waals surface area contributed by atoms with E-state index in [1.165, 1.54) is 37.7 Å². The lowest BCUT2D eigenvalue weighted by atomic mass is 9.95. The second-order valence-corrected chi connectivity index (χ2v) is 8.40. The number of hydrogen-bond donors (Lipinski definition) is 1. The fraction of sp³-hybridized carbons (Fsp3) is 0.333. The van der Waals surface area contributed by atoms with Gasteiger partial charge in [-0.05, 0) is 61.0 Å². The summed E-state index contributed by atoms with van der Waals surface area (Å²) in [5.41, 5.74) is 3.41. The molecule has 2 fully saturated rings. The Morgan fingerprint density at radius 2 is 1.72 bits per heavy atom. The van der Waals surface area contributed by atoms with Gasteiger partial charge in [0.2, 0.25) is 0 Å². The molecule has 3 heterocycles. The summed E-state index contributed by atoms with van der Waals surface area (Å²) in [5.74, 6) is 0. The Morgan fingerprint density at radius 3 is 2.48 bits per heavy atom. The topological polar surface area (TPSA) is 33.1 Å². The summed E-state index contributed by atoms with van der Waals surface area (Å²) in [7, 11) is 0. The number of benzene rings is 1. The Balaban J connectivity index is 1.54. The third-order valence-electron chi connectivity index (χ3n) is 6.21. The molecule has 5 rings (SSSR count). The van der Waals surface area contributed by atoms with Crippen LogP contribution < -0.4 is 10.2 Å². The van der Waals surface area contributed by atoms with Crippen LogP contribution in [0, 0.1) is 0 Å². The van der Waals surface area contributed by atoms with Crippen LogP contribution in [0.3, 0.4) is 0 Å². The van der Waals surface area contributed by atoms with E-state index < -0.39 is 0 Å². The standard InChI is InChI=1S/C24H26N4S/c29-24-26-22(21-13-7-8-15-25-21)23(28(24)20-11-5-2-6-12-20)18-14-16-27(17-18)19-9-3-1-4-10-19/h2,5-8,11-17,19,22-23H,1,3-4,9-10H2,(H,26,29)/t22-,23+/m1/s1. The maximum Gasteiger partial charge on any atom is 0.174 e. The highest BCUT2D eigenvalue weighted by Crippen LogP contribution is 2.42. The lowest BCUT2D eigenvalue weighted by Gasteiger charge is -2.27. The maximum atomic E-state index is 5.79. The first-order valence-corrected chi connectivity index (χ1v) is 11.0. The van der Waals surface area contributed by atoms with Crippen molar-refractivity contribution in [3.05, 3.63) is 84.4 Å². The molecule has 1 saturated heterocycles. The number of para-hydroxylation sites is 1. The molecule has 3 aromatic rings. The van der Waals surface area contributed by atoms with Gasteiger partial charge in [0.25, 0.3) is 0 Å². The third-order valence-corrected chi connectivity index (χ3v) is 6.52. The van der Waals surface area contributed by atoms with E-state index in [1.54, 1.807) is 0 Å². The molecule has 29 heavy (non-hydrogen) atoms. The minimum Gasteiger partial charge on any atom is -0.351 e. The van der Waals surface area contributed by atoms with E-state index in [9.17, 15) is 0 Å². The zero-order valence-electron chi connectivity index (χ0n) is 16.4. The van der Waals surface area contributed by atoms with Gasteiger partial charge in [-0.15, -0.1) is 0 Å². The van der Waals surface area contributed by atoms with Crippen molar-refractivity contribution in [1.29, 1.82) is 0 Å². The van der Waals surface area contributed by atoms with Gasteiger partial charge in [-0.2, -0.15) is 0 Å². The highest BCUT2D eigenvalue weighted by Gasteiger charge is 2.41. The second kappa shape index (κ2) is 7.99. The van der Waals surface area contributed by atoms with Crippen molar-refractivity contribution in [2.45, 2.75) is 50.2 Å². The Labute approximate surface area is 177 Å². The van der Waals surface area contributed by atoms with E-state index in [0.29, 0.717) is 6.04 Å². The maximum absolute atomic E-state index is 5.79. The molecule has 1 saturated carbocycles. The van der Waals surface area contributed by atoms with Crippen LogP contribution in [0.5, 0.6) is 0 Å². The first-order valence-electron chi connectivity index (χ1n) is 10.5. The molecule has 1 aliphatic carbocycles. The molecule has 0 unspecified atom stereocenters. The Morgan fingerprint density at radius 1 is 0.931 bits per heavy atom. The molecule has 0 amide bonds. The van der Waals surface area contributed by atoms with Gasteiger partial charge in [0.1, 0.15) is 0 Å². The largest absolute Gasteiger partial charge is 0.351 e. The van der Waals surface area contributed by atoms with Gasteiger partial charge in [-0.3, -0.25) is 4.98 Å². The van der Waals surface area contributed by atoms with Crippen molar-refractivity contribution in [2.24, 2.45) is 0 Å². The number of nitrogens with zero attached hydrogens (tertiary/aromatic N) is 3. The number of anilines is 1. The van der Waals surface area contributed by atoms with Crippen LogP contribution in [0.25, 0.3) is 0 Å². The molecule has 148 valence electrons. The highest BCUT2D eigenvalue weighted by molar-refractivity contribution is 7.80. The van der Waals surface area contributed by atoms with E-state index in [1.807, 2.05) is 24.4 Å². The van der Waals surface area contributed by atoms with Crippen LogP contribution in [0.1, 0.15) is 61.5 Å². The lowest BCUT2D eigenvalue weighted by Crippen LogP contribution is -2.29. The summed E-state index contributed by atoms with van der Waals surface area (Å²) in [4.78, 5) is 6.89. The van der Waals surface area contributed by atoms with Gasteiger partial charge in [-0.1, -0.05) is 43.5 Å². The Hall–Kier alpha value is -2.66. The van der Waals surface area contributed by atoms with Crippen molar-refractivity contribution in [1.82, 2.24) is 14.9 Å². The van der Waals surface area contributed by atoms with Crippen LogP contribution in [0.4, 0.5) is 5.69 Å². The van der Waals surface area contributed by atoms with Gasteiger partial charge < -0.3 is 14.8 Å². The van der Waals surface area contributed by atoms with E-state index in [2.05, 4.69) is 68.6 Å². The van der Waals surface area contributed by atoms with E-state index in [0.717, 1.165) is 16.5 Å². The minimum absolute atomic E-state index is 0.0195. The summed E-state index contributed by atoms with van der Waals surface area (Å²) in [6.45, 7) is 0. The molecule has 0 spiro atoms. The average Bonchev–Trinajstić information content (AvgIpc) is 3.40. The van der Waals surface area contributed by atoms with Crippen molar-refractivity contribution in [3.8, 4) is 0 Å². The summed E-state index contributed by atoms with van der Waals surface area (Å²) in [6, 6.07) is 19.5. The summed E-state index contributed by atoms with van der Waals surface area (Å²) in [6.07, 6.45) is 13.0. The van der Waals surface area contributed by atoms with Crippen molar-refractivity contribution >= 4 is 23.0 Å². The Kier molecular flexibility index (Phi) is 5.06. The molecule has 4 nitrogen and oxygen atoms in total. The first kappa shape index (κ1) is 18.4. The van der Waals surface area contributed by atoms with Gasteiger partial charge in [0.05, 0.1) is 17.8 Å². The molecule has 1 aliphatic heterocycles. The zero-order chi connectivity index (χ0) is 19.6. The van der Waals surface area contributed by atoms with Gasteiger partial charge >= 0.3 is 0 Å². The summed E-state index contributed by atoms with van der Waals surface area (Å²) >= 11 is 5.79. The summed E-state index contributed by atoms with van der Waals surface area (Å²) in [5, 5.41) is 4.29. The number of pyridine rings is 1. The molecule has 5 heteroatoms. The average molecular weight is 403 g/mol. The van der Waals surface area contributed by atoms with Crippen LogP contribution in [-0.4, -0.2) is 14.7 Å². The monoisotopic (exact) mass is 402 g/mol. The van der Waals surface area contributed by atoms with Crippen LogP contribution in [-0.2, 0) is 0 Å². The normalized spacial score (nSPS) is 22.6. The van der Waals surface area contributed by atoms with Gasteiger partial charge in [-0.25, -0.2) is 0 Å². The smallest absolute Gasteiger partial charge is 0.174 e. The molecule has 2 aromatic heterocycles. The summed E-state index contributed by atoms with van der Waals surface area (Å²) < 4.78 is 2.43. The molecule has 2 aliphatic rings. The molecule has 0 radical (unpaired) electrons. The number of aromatic nitrogens is 2. The number of hydrogen-bond acceptors (Lipinski definition) is 2. The molecule has 2 atom stereocenters. The predicted molar refractivity (Wildman–Crippen MR) is 121 cm³/mol. The second-order valence-electron chi connectivity index (χ2n) is 8.02. The fourth-order valence-corrected chi connectivity index (χ4v) is 5.12. The third kappa shape index (κ3) is 3.55. The molecule has 0 bridgehead atoms. The van der Waals surface area contributed by atoms with Crippen molar-refractivity contribution in [3.63, 3.8) is 0 Å². The molecule has 1 N–H and O–H groups in total. The minimum atomic E-state index is 0.0195. The quantitative estimate of drug-likeness (QED) is 0.579. The van der Waals surface area contributed by atoms with Crippen LogP contribution >= 0.6 is 12.2 Å². The van der Waals surface area contributed by atoms with E-state index in [-0.39, 0.29) is 12.1 Å². The molecule has 1 aromatic carbocycles. The number of rotatable bonds is 4. The van der Waals surface area contributed by atoms with Crippen LogP contribution in [0.2, 0.25) is 0 Å². The fourth-order valence-electron chi connectivity index (χ4n) is 4.77. The highest BCUT2D eigenvalue weighted by atomic mass is 32.1. The van der Waals surface area contributed by atoms with Crippen molar-refractivity contribution in [2.75, 3.05) is 4.90 Å². The SMILES string of the molecule is S=C1N[C@H](c2ccccn2)[C@H](c2ccn(C3CCCCC3)c2)N1c1ccccc1. The molecular formula is C24H26N4S. The van der Waals surface area contributed by atoms with E-state index >= 15 is 0 Å². The number of nitrogens with one attached hydrogen (secondary N) is 1. The predicted octanol–water partition coefficient (Wildman–Crippen LogP) is 5.57. The van der Waals surface area contributed by atoms with Gasteiger partial charge in [0.15, 0.2) is 5.11 Å². The van der Waals surface area contributed by atoms with Crippen LogP contribution in [0.15, 0.2) is 73.2 Å². The van der Waals surface area contributed by atoms with E-state index in [4.69, 9.17) is 12.2 Å². The molecular weight excluding hydrogens is 376 g/mol. The lowest BCUT2D eigenvalue weighted by molar-refractivity contribution is 0.353. The Bertz CT molecular complexity index is 963.